The van der Waals surface area contributed by atoms with Gasteiger partial charge in [0.15, 0.2) is 0 Å². The van der Waals surface area contributed by atoms with Gasteiger partial charge in [-0.1, -0.05) is 41.5 Å². The Hall–Kier alpha value is -3.12. The monoisotopic (exact) mass is 433 g/mol. The molecule has 6 heteroatoms. The average molecular weight is 434 g/mol. The third-order valence-electron chi connectivity index (χ3n) is 5.32. The Morgan fingerprint density at radius 1 is 1.03 bits per heavy atom. The first kappa shape index (κ1) is 21.1. The molecule has 1 aromatic heterocycles. The summed E-state index contributed by atoms with van der Waals surface area (Å²) < 4.78 is 0. The summed E-state index contributed by atoms with van der Waals surface area (Å²) in [6.07, 6.45) is 1.26. The molecule has 1 saturated heterocycles. The number of hydrogen-bond donors (Lipinski definition) is 1. The van der Waals surface area contributed by atoms with Crippen LogP contribution in [0.25, 0.3) is 0 Å². The number of thiophene rings is 1. The Bertz CT molecular complexity index is 1060. The fraction of sp³-hybridized carbons (Fsp3) is 0.280. The van der Waals surface area contributed by atoms with Crippen molar-refractivity contribution < 1.29 is 9.59 Å². The van der Waals surface area contributed by atoms with E-state index in [9.17, 15) is 9.59 Å². The van der Waals surface area contributed by atoms with Crippen molar-refractivity contribution in [3.63, 3.8) is 0 Å². The van der Waals surface area contributed by atoms with Crippen molar-refractivity contribution in [1.29, 1.82) is 0 Å². The zero-order chi connectivity index (χ0) is 21.8. The number of urea groups is 1. The number of carbonyl (C=O) groups is 2. The normalized spacial score (nSPS) is 14.1. The van der Waals surface area contributed by atoms with Gasteiger partial charge in [0.05, 0.1) is 6.42 Å². The molecule has 1 aliphatic rings. The predicted molar refractivity (Wildman–Crippen MR) is 127 cm³/mol. The zero-order valence-electron chi connectivity index (χ0n) is 17.9. The first-order valence-electron chi connectivity index (χ1n) is 10.5. The summed E-state index contributed by atoms with van der Waals surface area (Å²) in [5.74, 6) is -0.0546. The average Bonchev–Trinajstić information content (AvgIpc) is 3.22. The summed E-state index contributed by atoms with van der Waals surface area (Å²) in [6, 6.07) is 17.9. The molecule has 1 fully saturated rings. The first-order valence-corrected chi connectivity index (χ1v) is 11.4. The Balaban J connectivity index is 1.45. The van der Waals surface area contributed by atoms with E-state index < -0.39 is 0 Å². The Labute approximate surface area is 187 Å². The predicted octanol–water partition coefficient (Wildman–Crippen LogP) is 5.38. The SMILES string of the molecule is Cc1cc(C)cc(CN2CCCN(c3cccc(NC(=O)Cc4cccs4)c3)C2=O)c1. The fourth-order valence-corrected chi connectivity index (χ4v) is 4.78. The molecule has 1 N–H and O–H groups in total. The van der Waals surface area contributed by atoms with Gasteiger partial charge in [0.1, 0.15) is 0 Å². The second kappa shape index (κ2) is 9.35. The van der Waals surface area contributed by atoms with Crippen LogP contribution in [0.5, 0.6) is 0 Å². The number of nitrogens with zero attached hydrogens (tertiary/aromatic N) is 2. The minimum Gasteiger partial charge on any atom is -0.326 e. The van der Waals surface area contributed by atoms with Gasteiger partial charge < -0.3 is 10.2 Å². The first-order chi connectivity index (χ1) is 15.0. The molecule has 2 aromatic carbocycles. The summed E-state index contributed by atoms with van der Waals surface area (Å²) in [5, 5.41) is 4.92. The molecule has 0 radical (unpaired) electrons. The number of carbonyl (C=O) groups excluding carboxylic acids is 2. The second-order valence-electron chi connectivity index (χ2n) is 8.06. The molecule has 3 aromatic rings. The standard InChI is InChI=1S/C25H27N3O2S/c1-18-12-19(2)14-20(13-18)17-27-9-5-10-28(25(27)30)22-7-3-6-21(15-22)26-24(29)16-23-8-4-11-31-23/h3-4,6-8,11-15H,5,9-10,16-17H2,1-2H3,(H,26,29). The molecule has 0 atom stereocenters. The number of amides is 3. The quantitative estimate of drug-likeness (QED) is 0.568. The van der Waals surface area contributed by atoms with Crippen molar-refractivity contribution in [1.82, 2.24) is 4.90 Å². The molecule has 5 nitrogen and oxygen atoms in total. The second-order valence-corrected chi connectivity index (χ2v) is 9.09. The van der Waals surface area contributed by atoms with Crippen molar-refractivity contribution in [3.05, 3.63) is 81.5 Å². The molecule has 0 saturated carbocycles. The fourth-order valence-electron chi connectivity index (χ4n) is 4.08. The highest BCUT2D eigenvalue weighted by molar-refractivity contribution is 7.10. The van der Waals surface area contributed by atoms with E-state index in [1.807, 2.05) is 46.7 Å². The maximum atomic E-state index is 13.2. The van der Waals surface area contributed by atoms with E-state index in [0.717, 1.165) is 29.1 Å². The Morgan fingerprint density at radius 2 is 1.84 bits per heavy atom. The molecule has 2 heterocycles. The van der Waals surface area contributed by atoms with E-state index >= 15 is 0 Å². The van der Waals surface area contributed by atoms with Crippen LogP contribution >= 0.6 is 11.3 Å². The van der Waals surface area contributed by atoms with E-state index in [2.05, 4.69) is 37.4 Å². The van der Waals surface area contributed by atoms with Crippen LogP contribution in [0.2, 0.25) is 0 Å². The van der Waals surface area contributed by atoms with Crippen molar-refractivity contribution in [2.75, 3.05) is 23.3 Å². The van der Waals surface area contributed by atoms with Gasteiger partial charge in [0.25, 0.3) is 0 Å². The lowest BCUT2D eigenvalue weighted by molar-refractivity contribution is -0.115. The Kier molecular flexibility index (Phi) is 6.37. The number of anilines is 2. The molecule has 31 heavy (non-hydrogen) atoms. The van der Waals surface area contributed by atoms with Gasteiger partial charge in [-0.2, -0.15) is 0 Å². The summed E-state index contributed by atoms with van der Waals surface area (Å²) in [6.45, 7) is 6.20. The van der Waals surface area contributed by atoms with Crippen molar-refractivity contribution in [2.24, 2.45) is 0 Å². The van der Waals surface area contributed by atoms with Crippen LogP contribution in [0.1, 0.15) is 28.0 Å². The third-order valence-corrected chi connectivity index (χ3v) is 6.20. The number of hydrogen-bond acceptors (Lipinski definition) is 3. The van der Waals surface area contributed by atoms with Crippen LogP contribution in [0.4, 0.5) is 16.2 Å². The van der Waals surface area contributed by atoms with Crippen LogP contribution < -0.4 is 10.2 Å². The van der Waals surface area contributed by atoms with Crippen molar-refractivity contribution in [3.8, 4) is 0 Å². The maximum Gasteiger partial charge on any atom is 0.324 e. The van der Waals surface area contributed by atoms with Gasteiger partial charge in [0.2, 0.25) is 5.91 Å². The molecule has 0 spiro atoms. The third kappa shape index (κ3) is 5.33. The summed E-state index contributed by atoms with van der Waals surface area (Å²) in [7, 11) is 0. The van der Waals surface area contributed by atoms with Gasteiger partial charge in [-0.05, 0) is 55.5 Å². The van der Waals surface area contributed by atoms with Gasteiger partial charge in [-0.15, -0.1) is 11.3 Å². The summed E-state index contributed by atoms with van der Waals surface area (Å²) >= 11 is 1.57. The number of benzene rings is 2. The molecule has 0 aliphatic carbocycles. The van der Waals surface area contributed by atoms with E-state index in [4.69, 9.17) is 0 Å². The summed E-state index contributed by atoms with van der Waals surface area (Å²) in [4.78, 5) is 30.3. The smallest absolute Gasteiger partial charge is 0.324 e. The molecular weight excluding hydrogens is 406 g/mol. The summed E-state index contributed by atoms with van der Waals surface area (Å²) in [5.41, 5.74) is 5.09. The topological polar surface area (TPSA) is 52.6 Å². The molecule has 3 amide bonds. The van der Waals surface area contributed by atoms with Crippen LogP contribution in [0, 0.1) is 13.8 Å². The van der Waals surface area contributed by atoms with Crippen LogP contribution in [-0.2, 0) is 17.8 Å². The molecule has 4 rings (SSSR count). The minimum absolute atomic E-state index is 0.00692. The highest BCUT2D eigenvalue weighted by Crippen LogP contribution is 2.25. The van der Waals surface area contributed by atoms with Crippen LogP contribution in [0.3, 0.4) is 0 Å². The molecule has 0 bridgehead atoms. The minimum atomic E-state index is -0.0546. The van der Waals surface area contributed by atoms with Crippen LogP contribution in [0.15, 0.2) is 60.0 Å². The maximum absolute atomic E-state index is 13.2. The molecule has 1 aliphatic heterocycles. The van der Waals surface area contributed by atoms with E-state index in [0.29, 0.717) is 25.2 Å². The number of aryl methyl sites for hydroxylation is 2. The molecule has 0 unspecified atom stereocenters. The largest absolute Gasteiger partial charge is 0.326 e. The lowest BCUT2D eigenvalue weighted by Gasteiger charge is -2.36. The van der Waals surface area contributed by atoms with Crippen LogP contribution in [-0.4, -0.2) is 29.9 Å². The lowest BCUT2D eigenvalue weighted by Crippen LogP contribution is -2.49. The Morgan fingerprint density at radius 3 is 2.58 bits per heavy atom. The lowest BCUT2D eigenvalue weighted by atomic mass is 10.1. The van der Waals surface area contributed by atoms with Crippen molar-refractivity contribution in [2.45, 2.75) is 33.2 Å². The van der Waals surface area contributed by atoms with E-state index in [1.54, 1.807) is 16.2 Å². The number of nitrogens with one attached hydrogen (secondary N) is 1. The van der Waals surface area contributed by atoms with Crippen molar-refractivity contribution >= 4 is 34.6 Å². The van der Waals surface area contributed by atoms with E-state index in [1.165, 1.54) is 11.1 Å². The molecular formula is C25H27N3O2S. The van der Waals surface area contributed by atoms with Gasteiger partial charge in [-0.25, -0.2) is 4.79 Å². The zero-order valence-corrected chi connectivity index (χ0v) is 18.7. The van der Waals surface area contributed by atoms with E-state index in [-0.39, 0.29) is 11.9 Å². The van der Waals surface area contributed by atoms with Gasteiger partial charge >= 0.3 is 6.03 Å². The number of rotatable bonds is 6. The van der Waals surface area contributed by atoms with Gasteiger partial charge in [0, 0.05) is 35.9 Å². The highest BCUT2D eigenvalue weighted by atomic mass is 32.1. The molecule has 160 valence electrons. The van der Waals surface area contributed by atoms with Gasteiger partial charge in [-0.3, -0.25) is 9.69 Å². The highest BCUT2D eigenvalue weighted by Gasteiger charge is 2.27.